The Hall–Kier alpha value is -1.80. The highest BCUT2D eigenvalue weighted by Crippen LogP contribution is 2.43. The summed E-state index contributed by atoms with van der Waals surface area (Å²) >= 11 is 13.8. The average molecular weight is 496 g/mol. The van der Waals surface area contributed by atoms with Crippen LogP contribution in [-0.4, -0.2) is 59.6 Å². The van der Waals surface area contributed by atoms with E-state index in [1.165, 1.54) is 42.8 Å². The molecule has 0 aromatic heterocycles. The molecule has 2 unspecified atom stereocenters. The van der Waals surface area contributed by atoms with Crippen molar-refractivity contribution in [2.75, 3.05) is 31.9 Å². The van der Waals surface area contributed by atoms with Crippen molar-refractivity contribution in [2.24, 2.45) is 0 Å². The molecule has 9 heteroatoms. The van der Waals surface area contributed by atoms with Gasteiger partial charge in [0, 0.05) is 23.9 Å². The number of hydrogen-bond acceptors (Lipinski definition) is 4. The first kappa shape index (κ1) is 23.4. The molecular formula is C23H24Cl2FN3O2S. The molecule has 2 aliphatic rings. The Kier molecular flexibility index (Phi) is 7.61. The molecule has 2 aromatic rings. The predicted octanol–water partition coefficient (Wildman–Crippen LogP) is 4.60. The summed E-state index contributed by atoms with van der Waals surface area (Å²) in [6.45, 7) is 3.44. The highest BCUT2D eigenvalue weighted by atomic mass is 35.5. The number of rotatable bonds is 6. The van der Waals surface area contributed by atoms with E-state index in [-0.39, 0.29) is 28.2 Å². The smallest absolute Gasteiger partial charge is 0.257 e. The summed E-state index contributed by atoms with van der Waals surface area (Å²) < 4.78 is 13.5. The second kappa shape index (κ2) is 10.4. The monoisotopic (exact) mass is 495 g/mol. The summed E-state index contributed by atoms with van der Waals surface area (Å²) in [6, 6.07) is 10.0. The number of halogens is 3. The lowest BCUT2D eigenvalue weighted by atomic mass is 10.1. The van der Waals surface area contributed by atoms with Crippen LogP contribution in [0.2, 0.25) is 10.0 Å². The van der Waals surface area contributed by atoms with Crippen LogP contribution in [0, 0.1) is 5.82 Å². The minimum Gasteiger partial charge on any atom is -0.353 e. The Morgan fingerprint density at radius 2 is 1.81 bits per heavy atom. The van der Waals surface area contributed by atoms with Gasteiger partial charge in [0.2, 0.25) is 5.91 Å². The Labute approximate surface area is 201 Å². The van der Waals surface area contributed by atoms with Gasteiger partial charge in [0.05, 0.1) is 10.6 Å². The third kappa shape index (κ3) is 5.22. The fourth-order valence-corrected chi connectivity index (χ4v) is 6.02. The van der Waals surface area contributed by atoms with Gasteiger partial charge in [-0.2, -0.15) is 0 Å². The molecule has 4 rings (SSSR count). The van der Waals surface area contributed by atoms with Gasteiger partial charge >= 0.3 is 0 Å². The van der Waals surface area contributed by atoms with Crippen LogP contribution in [-0.2, 0) is 4.79 Å². The van der Waals surface area contributed by atoms with Crippen molar-refractivity contribution >= 4 is 46.8 Å². The number of likely N-dealkylation sites (tertiary alicyclic amines) is 1. The molecule has 1 N–H and O–H groups in total. The first-order valence-electron chi connectivity index (χ1n) is 10.6. The van der Waals surface area contributed by atoms with E-state index in [0.717, 1.165) is 25.2 Å². The van der Waals surface area contributed by atoms with Gasteiger partial charge in [-0.1, -0.05) is 35.3 Å². The molecule has 0 radical (unpaired) electrons. The predicted molar refractivity (Wildman–Crippen MR) is 127 cm³/mol. The molecule has 32 heavy (non-hydrogen) atoms. The van der Waals surface area contributed by atoms with Gasteiger partial charge in [-0.05, 0) is 61.8 Å². The second-order valence-corrected chi connectivity index (χ2v) is 9.89. The van der Waals surface area contributed by atoms with Crippen LogP contribution in [0.4, 0.5) is 4.39 Å². The second-order valence-electron chi connectivity index (χ2n) is 7.93. The maximum Gasteiger partial charge on any atom is 0.257 e. The molecule has 0 aliphatic carbocycles. The van der Waals surface area contributed by atoms with Crippen LogP contribution in [0.5, 0.6) is 0 Å². The molecule has 2 aliphatic heterocycles. The van der Waals surface area contributed by atoms with E-state index < -0.39 is 11.4 Å². The van der Waals surface area contributed by atoms with E-state index in [4.69, 9.17) is 23.2 Å². The lowest BCUT2D eigenvalue weighted by Crippen LogP contribution is -2.49. The number of hydrogen-bond donors (Lipinski definition) is 1. The molecule has 2 heterocycles. The summed E-state index contributed by atoms with van der Waals surface area (Å²) in [4.78, 5) is 30.5. The molecule has 2 aromatic carbocycles. The van der Waals surface area contributed by atoms with Crippen LogP contribution in [0.3, 0.4) is 0 Å². The van der Waals surface area contributed by atoms with Gasteiger partial charge in [0.1, 0.15) is 17.2 Å². The number of nitrogens with one attached hydrogen (secondary N) is 1. The first-order valence-corrected chi connectivity index (χ1v) is 12.4. The number of amides is 2. The van der Waals surface area contributed by atoms with E-state index in [1.54, 1.807) is 29.2 Å². The van der Waals surface area contributed by atoms with Gasteiger partial charge in [0.25, 0.3) is 5.91 Å². The first-order chi connectivity index (χ1) is 15.4. The molecule has 5 nitrogen and oxygen atoms in total. The van der Waals surface area contributed by atoms with E-state index in [1.807, 2.05) is 0 Å². The maximum absolute atomic E-state index is 13.6. The molecule has 170 valence electrons. The van der Waals surface area contributed by atoms with Gasteiger partial charge < -0.3 is 15.1 Å². The molecule has 2 saturated heterocycles. The quantitative estimate of drug-likeness (QED) is 0.635. The standard InChI is InChI=1S/C23H24Cl2FN3O2S/c24-16-5-8-18(19(25)13-16)22(31)29-20(21(30)27-9-12-28-10-1-2-11-28)14-32-23(29)15-3-6-17(26)7-4-15/h3-8,13,20,23H,1-2,9-12,14H2,(H,27,30). The van der Waals surface area contributed by atoms with Crippen LogP contribution < -0.4 is 5.32 Å². The number of carbonyl (C=O) groups is 2. The summed E-state index contributed by atoms with van der Waals surface area (Å²) in [6.07, 6.45) is 2.38. The highest BCUT2D eigenvalue weighted by molar-refractivity contribution is 7.99. The molecule has 0 saturated carbocycles. The lowest BCUT2D eigenvalue weighted by Gasteiger charge is -2.29. The van der Waals surface area contributed by atoms with Gasteiger partial charge in [-0.15, -0.1) is 11.8 Å². The summed E-state index contributed by atoms with van der Waals surface area (Å²) in [7, 11) is 0. The zero-order chi connectivity index (χ0) is 22.7. The lowest BCUT2D eigenvalue weighted by molar-refractivity contribution is -0.124. The zero-order valence-corrected chi connectivity index (χ0v) is 19.7. The minimum atomic E-state index is -0.659. The average Bonchev–Trinajstić information content (AvgIpc) is 3.44. The van der Waals surface area contributed by atoms with Crippen LogP contribution in [0.1, 0.15) is 34.1 Å². The van der Waals surface area contributed by atoms with Gasteiger partial charge in [0.15, 0.2) is 0 Å². The number of benzene rings is 2. The Bertz CT molecular complexity index is 986. The highest BCUT2D eigenvalue weighted by Gasteiger charge is 2.43. The van der Waals surface area contributed by atoms with Crippen molar-refractivity contribution in [3.8, 4) is 0 Å². The molecule has 0 spiro atoms. The topological polar surface area (TPSA) is 52.7 Å². The van der Waals surface area contributed by atoms with E-state index >= 15 is 0 Å². The van der Waals surface area contributed by atoms with Gasteiger partial charge in [-0.25, -0.2) is 4.39 Å². The molecule has 2 atom stereocenters. The third-order valence-corrected chi connectivity index (χ3v) is 7.65. The van der Waals surface area contributed by atoms with Crippen molar-refractivity contribution in [3.63, 3.8) is 0 Å². The summed E-state index contributed by atoms with van der Waals surface area (Å²) in [5.74, 6) is -0.467. The normalized spacial score (nSPS) is 21.2. The van der Waals surface area contributed by atoms with Crippen molar-refractivity contribution in [1.29, 1.82) is 0 Å². The van der Waals surface area contributed by atoms with Crippen molar-refractivity contribution < 1.29 is 14.0 Å². The van der Waals surface area contributed by atoms with Gasteiger partial charge in [-0.3, -0.25) is 9.59 Å². The Balaban J connectivity index is 1.56. The molecule has 0 bridgehead atoms. The van der Waals surface area contributed by atoms with Crippen molar-refractivity contribution in [2.45, 2.75) is 24.3 Å². The SMILES string of the molecule is O=C(NCCN1CCCC1)C1CSC(c2ccc(F)cc2)N1C(=O)c1ccc(Cl)cc1Cl. The minimum absolute atomic E-state index is 0.195. The van der Waals surface area contributed by atoms with Crippen LogP contribution in [0.25, 0.3) is 0 Å². The fourth-order valence-electron chi connectivity index (χ4n) is 4.10. The maximum atomic E-state index is 13.6. The summed E-state index contributed by atoms with van der Waals surface area (Å²) in [5.41, 5.74) is 1.03. The van der Waals surface area contributed by atoms with Crippen molar-refractivity contribution in [3.05, 3.63) is 69.5 Å². The molecule has 2 fully saturated rings. The fraction of sp³-hybridized carbons (Fsp3) is 0.391. The number of carbonyl (C=O) groups excluding carboxylic acids is 2. The summed E-state index contributed by atoms with van der Waals surface area (Å²) in [5, 5.41) is 3.22. The zero-order valence-electron chi connectivity index (χ0n) is 17.4. The van der Waals surface area contributed by atoms with Crippen LogP contribution >= 0.6 is 35.0 Å². The number of nitrogens with zero attached hydrogens (tertiary/aromatic N) is 2. The van der Waals surface area contributed by atoms with Crippen molar-refractivity contribution in [1.82, 2.24) is 15.1 Å². The Morgan fingerprint density at radius 3 is 2.50 bits per heavy atom. The largest absolute Gasteiger partial charge is 0.353 e. The van der Waals surface area contributed by atoms with E-state index in [9.17, 15) is 14.0 Å². The number of thioether (sulfide) groups is 1. The Morgan fingerprint density at radius 1 is 1.09 bits per heavy atom. The van der Waals surface area contributed by atoms with Crippen LogP contribution in [0.15, 0.2) is 42.5 Å². The van der Waals surface area contributed by atoms with E-state index in [2.05, 4.69) is 10.2 Å². The third-order valence-electron chi connectivity index (χ3n) is 5.78. The van der Waals surface area contributed by atoms with E-state index in [0.29, 0.717) is 17.3 Å². The molecular weight excluding hydrogens is 472 g/mol. The molecule has 2 amide bonds.